The van der Waals surface area contributed by atoms with Gasteiger partial charge in [0.2, 0.25) is 11.7 Å². The number of methoxy groups -OCH3 is 1. The molecule has 0 radical (unpaired) electrons. The van der Waals surface area contributed by atoms with Gasteiger partial charge < -0.3 is 30.1 Å². The first kappa shape index (κ1) is 22.3. The number of phosphoric acid groups is 1. The number of nitrogens with one attached hydrogen (secondary N) is 2. The molecule has 0 aliphatic heterocycles. The zero-order valence-corrected chi connectivity index (χ0v) is 20.5. The second kappa shape index (κ2) is 10.6. The molecule has 3 aromatic rings. The summed E-state index contributed by atoms with van der Waals surface area (Å²) in [6, 6.07) is 6.25. The number of aromatic nitrogens is 5. The van der Waals surface area contributed by atoms with E-state index in [1.165, 1.54) is 18.0 Å². The highest BCUT2D eigenvalue weighted by Gasteiger charge is 2.30. The number of anilines is 3. The minimum absolute atomic E-state index is 0.000850. The van der Waals surface area contributed by atoms with E-state index in [4.69, 9.17) is 18.6 Å². The molecule has 16 heteroatoms. The van der Waals surface area contributed by atoms with Gasteiger partial charge in [-0.1, -0.05) is 6.07 Å². The van der Waals surface area contributed by atoms with Gasteiger partial charge in [0, 0.05) is 29.3 Å². The quantitative estimate of drug-likeness (QED) is 0.216. The number of rotatable bonds is 10. The summed E-state index contributed by atoms with van der Waals surface area (Å²) in [4.78, 5) is 49.4. The Bertz CT molecular complexity index is 1470. The van der Waals surface area contributed by atoms with E-state index in [1.54, 1.807) is 25.2 Å². The lowest BCUT2D eigenvalue weighted by Gasteiger charge is -2.21. The van der Waals surface area contributed by atoms with Crippen molar-refractivity contribution in [3.8, 4) is 17.1 Å². The molecule has 4 N–H and O–H groups in total. The first-order valence-electron chi connectivity index (χ1n) is 12.3. The van der Waals surface area contributed by atoms with Crippen molar-refractivity contribution in [2.75, 3.05) is 31.5 Å². The van der Waals surface area contributed by atoms with Crippen molar-refractivity contribution in [1.29, 1.82) is 0 Å². The van der Waals surface area contributed by atoms with Crippen LogP contribution in [0.5, 0.6) is 5.75 Å². The SMILES string of the molecule is [2H]C([2H])([2H])N(COP(=O)(O)O)C(=O)c1cnc(NC(=O)C2CC2)cc1Nc1cccc(-c2nnn(C)n2)c1OC. The molecule has 2 heterocycles. The van der Waals surface area contributed by atoms with Crippen LogP contribution in [0.15, 0.2) is 30.5 Å². The molecule has 2 amide bonds. The normalized spacial score (nSPS) is 14.8. The number of phosphoric ester groups is 1. The van der Waals surface area contributed by atoms with Crippen molar-refractivity contribution in [3.05, 3.63) is 36.0 Å². The number of benzene rings is 1. The molecule has 196 valence electrons. The highest BCUT2D eigenvalue weighted by atomic mass is 31.2. The third-order valence-corrected chi connectivity index (χ3v) is 5.62. The topological polar surface area (TPSA) is 194 Å². The van der Waals surface area contributed by atoms with Crippen LogP contribution in [0.1, 0.15) is 27.3 Å². The Morgan fingerprint density at radius 2 is 2.11 bits per heavy atom. The van der Waals surface area contributed by atoms with Gasteiger partial charge in [0.25, 0.3) is 5.91 Å². The number of carbonyl (C=O) groups excluding carboxylic acids is 2. The van der Waals surface area contributed by atoms with E-state index in [9.17, 15) is 14.2 Å². The smallest absolute Gasteiger partial charge is 0.471 e. The molecule has 0 spiro atoms. The summed E-state index contributed by atoms with van der Waals surface area (Å²) in [7, 11) is -2.13. The van der Waals surface area contributed by atoms with Crippen LogP contribution in [0.3, 0.4) is 0 Å². The van der Waals surface area contributed by atoms with Gasteiger partial charge in [0.15, 0.2) is 5.75 Å². The van der Waals surface area contributed by atoms with Gasteiger partial charge in [-0.3, -0.25) is 14.1 Å². The second-order valence-electron chi connectivity index (χ2n) is 7.97. The van der Waals surface area contributed by atoms with Crippen molar-refractivity contribution >= 4 is 36.8 Å². The molecule has 1 fully saturated rings. The summed E-state index contributed by atoms with van der Waals surface area (Å²) in [6.45, 7) is -4.38. The predicted molar refractivity (Wildman–Crippen MR) is 130 cm³/mol. The molecular weight excluding hydrogens is 507 g/mol. The lowest BCUT2D eigenvalue weighted by Crippen LogP contribution is -2.29. The molecule has 1 aliphatic rings. The van der Waals surface area contributed by atoms with E-state index < -0.39 is 27.4 Å². The van der Waals surface area contributed by atoms with Crippen molar-refractivity contribution in [2.24, 2.45) is 13.0 Å². The van der Waals surface area contributed by atoms with Crippen LogP contribution < -0.4 is 15.4 Å². The van der Waals surface area contributed by atoms with Crippen LogP contribution in [-0.2, 0) is 20.9 Å². The molecule has 1 aromatic carbocycles. The van der Waals surface area contributed by atoms with Crippen LogP contribution in [0.25, 0.3) is 11.4 Å². The summed E-state index contributed by atoms with van der Waals surface area (Å²) < 4.78 is 44.2. The third-order valence-electron chi connectivity index (χ3n) is 5.17. The fourth-order valence-corrected chi connectivity index (χ4v) is 3.54. The zero-order chi connectivity index (χ0) is 29.2. The number of hydrogen-bond donors (Lipinski definition) is 4. The van der Waals surface area contributed by atoms with E-state index in [1.807, 2.05) is 0 Å². The van der Waals surface area contributed by atoms with E-state index in [2.05, 4.69) is 35.6 Å². The van der Waals surface area contributed by atoms with Crippen LogP contribution in [0.2, 0.25) is 0 Å². The Kier molecular flexibility index (Phi) is 6.39. The average Bonchev–Trinajstić information content (AvgIpc) is 3.63. The second-order valence-corrected chi connectivity index (χ2v) is 9.21. The van der Waals surface area contributed by atoms with Gasteiger partial charge in [-0.15, -0.1) is 10.2 Å². The zero-order valence-electron chi connectivity index (χ0n) is 22.7. The number of tetrazole rings is 1. The molecule has 0 unspecified atom stereocenters. The Balaban J connectivity index is 1.76. The minimum atomic E-state index is -5.12. The van der Waals surface area contributed by atoms with Crippen molar-refractivity contribution in [3.63, 3.8) is 0 Å². The van der Waals surface area contributed by atoms with Gasteiger partial charge in [-0.25, -0.2) is 9.55 Å². The number of ether oxygens (including phenoxy) is 1. The summed E-state index contributed by atoms with van der Waals surface area (Å²) in [5, 5.41) is 17.6. The Labute approximate surface area is 215 Å². The highest BCUT2D eigenvalue weighted by Crippen LogP contribution is 2.38. The highest BCUT2D eigenvalue weighted by molar-refractivity contribution is 7.46. The monoisotopic (exact) mass is 535 g/mol. The molecular formula is C21H25N8O7P. The molecule has 1 aliphatic carbocycles. The van der Waals surface area contributed by atoms with Gasteiger partial charge in [0.05, 0.1) is 36.7 Å². The maximum Gasteiger partial charge on any atom is 0.471 e. The van der Waals surface area contributed by atoms with Gasteiger partial charge >= 0.3 is 7.82 Å². The molecule has 0 bridgehead atoms. The van der Waals surface area contributed by atoms with Crippen LogP contribution in [0.4, 0.5) is 17.2 Å². The predicted octanol–water partition coefficient (Wildman–Crippen LogP) is 1.51. The molecule has 2 aromatic heterocycles. The maximum absolute atomic E-state index is 13.4. The van der Waals surface area contributed by atoms with Crippen molar-refractivity contribution in [1.82, 2.24) is 30.1 Å². The van der Waals surface area contributed by atoms with E-state index in [0.29, 0.717) is 11.3 Å². The summed E-state index contributed by atoms with van der Waals surface area (Å²) in [5.74, 6) is -1.01. The number of para-hydroxylation sites is 1. The van der Waals surface area contributed by atoms with Gasteiger partial charge in [-0.2, -0.15) is 4.80 Å². The fourth-order valence-electron chi connectivity index (χ4n) is 3.28. The number of amides is 2. The summed E-state index contributed by atoms with van der Waals surface area (Å²) >= 11 is 0. The largest absolute Gasteiger partial charge is 0.494 e. The van der Waals surface area contributed by atoms with Crippen LogP contribution in [-0.4, -0.2) is 72.5 Å². The molecule has 37 heavy (non-hydrogen) atoms. The molecule has 0 saturated heterocycles. The van der Waals surface area contributed by atoms with Gasteiger partial charge in [0.1, 0.15) is 12.5 Å². The van der Waals surface area contributed by atoms with E-state index in [-0.39, 0.29) is 45.4 Å². The first-order valence-corrected chi connectivity index (χ1v) is 12.3. The first-order chi connectivity index (χ1) is 18.8. The van der Waals surface area contributed by atoms with Crippen LogP contribution >= 0.6 is 7.82 Å². The molecule has 4 rings (SSSR count). The number of nitrogens with zero attached hydrogens (tertiary/aromatic N) is 6. The minimum Gasteiger partial charge on any atom is -0.494 e. The van der Waals surface area contributed by atoms with E-state index >= 15 is 0 Å². The number of carbonyl (C=O) groups is 2. The fraction of sp³-hybridized carbons (Fsp3) is 0.333. The number of pyridine rings is 1. The average molecular weight is 535 g/mol. The van der Waals surface area contributed by atoms with E-state index in [0.717, 1.165) is 19.0 Å². The Morgan fingerprint density at radius 1 is 1.32 bits per heavy atom. The lowest BCUT2D eigenvalue weighted by atomic mass is 10.1. The maximum atomic E-state index is 13.4. The van der Waals surface area contributed by atoms with Gasteiger partial charge in [-0.05, 0) is 30.2 Å². The Morgan fingerprint density at radius 3 is 2.73 bits per heavy atom. The molecule has 15 nitrogen and oxygen atoms in total. The summed E-state index contributed by atoms with van der Waals surface area (Å²) in [6.07, 6.45) is 2.51. The van der Waals surface area contributed by atoms with Crippen LogP contribution in [0, 0.1) is 5.92 Å². The Hall–Kier alpha value is -3.91. The molecule has 0 atom stereocenters. The summed E-state index contributed by atoms with van der Waals surface area (Å²) in [5.41, 5.74) is 0.446. The molecule has 1 saturated carbocycles. The standard InChI is InChI=1S/C21H25N8O7P/c1-28(11-36-37(32,33)34)21(31)14-10-22-17(24-20(30)12-7-8-12)9-16(14)23-15-6-4-5-13(18(15)35-3)19-25-27-29(2)26-19/h4-6,9-10,12H,7-8,11H2,1-3H3,(H2,32,33,34)(H2,22,23,24,30)/i1D3. The third kappa shape index (κ3) is 6.46. The lowest BCUT2D eigenvalue weighted by molar-refractivity contribution is -0.117. The number of hydrogen-bond acceptors (Lipinski definition) is 10. The van der Waals surface area contributed by atoms with Crippen molar-refractivity contribution in [2.45, 2.75) is 12.8 Å². The van der Waals surface area contributed by atoms with Crippen molar-refractivity contribution < 1.29 is 37.3 Å². The number of aryl methyl sites for hydroxylation is 1.